The van der Waals surface area contributed by atoms with Gasteiger partial charge in [-0.05, 0) is 12.5 Å². The van der Waals surface area contributed by atoms with Gasteiger partial charge in [-0.3, -0.25) is 4.79 Å². The lowest BCUT2D eigenvalue weighted by atomic mass is 10.1. The molecule has 0 aliphatic rings. The van der Waals surface area contributed by atoms with E-state index in [1.807, 2.05) is 37.3 Å². The second-order valence-corrected chi connectivity index (χ2v) is 5.03. The highest BCUT2D eigenvalue weighted by Gasteiger charge is 2.16. The Morgan fingerprint density at radius 2 is 2.16 bits per heavy atom. The third-order valence-corrected chi connectivity index (χ3v) is 3.64. The third kappa shape index (κ3) is 2.32. The molecule has 1 N–H and O–H groups in total. The molecule has 0 fully saturated rings. The van der Waals surface area contributed by atoms with Gasteiger partial charge in [0.25, 0.3) is 5.91 Å². The molecule has 7 heteroatoms. The van der Waals surface area contributed by atoms with Crippen molar-refractivity contribution in [3.8, 4) is 0 Å². The summed E-state index contributed by atoms with van der Waals surface area (Å²) in [7, 11) is 0. The summed E-state index contributed by atoms with van der Waals surface area (Å²) in [5, 5.41) is 15.0. The quantitative estimate of drug-likeness (QED) is 0.788. The van der Waals surface area contributed by atoms with Crippen LogP contribution in [-0.4, -0.2) is 25.7 Å². The van der Waals surface area contributed by atoms with Crippen LogP contribution in [0, 0.1) is 0 Å². The minimum atomic E-state index is -0.202. The van der Waals surface area contributed by atoms with E-state index < -0.39 is 0 Å². The molecule has 2 aromatic heterocycles. The zero-order valence-corrected chi connectivity index (χ0v) is 11.0. The summed E-state index contributed by atoms with van der Waals surface area (Å²) in [6.07, 6.45) is 1.48. The molecule has 3 aromatic rings. The first-order valence-electron chi connectivity index (χ1n) is 5.76. The lowest BCUT2D eigenvalue weighted by Gasteiger charge is -2.12. The molecule has 0 radical (unpaired) electrons. The average Bonchev–Trinajstić information content (AvgIpc) is 3.00. The van der Waals surface area contributed by atoms with Gasteiger partial charge < -0.3 is 5.32 Å². The third-order valence-electron chi connectivity index (χ3n) is 2.73. The standard InChI is InChI=1S/C12H11N5OS/c1-8(9-5-3-2-4-6-9)14-10(18)11-16-17-7-13-15-12(17)19-11/h2-8H,1H3,(H,14,18). The molecule has 1 aromatic carbocycles. The summed E-state index contributed by atoms with van der Waals surface area (Å²) in [5.74, 6) is -0.202. The van der Waals surface area contributed by atoms with Crippen LogP contribution in [0.25, 0.3) is 4.96 Å². The number of hydrogen-bond donors (Lipinski definition) is 1. The second-order valence-electron chi connectivity index (χ2n) is 4.07. The molecule has 96 valence electrons. The molecule has 19 heavy (non-hydrogen) atoms. The number of nitrogens with zero attached hydrogens (tertiary/aromatic N) is 4. The molecule has 0 aliphatic heterocycles. The van der Waals surface area contributed by atoms with Gasteiger partial charge in [0.2, 0.25) is 9.97 Å². The molecule has 1 atom stereocenters. The van der Waals surface area contributed by atoms with Crippen molar-refractivity contribution in [2.24, 2.45) is 0 Å². The highest BCUT2D eigenvalue weighted by Crippen LogP contribution is 2.15. The Hall–Kier alpha value is -2.28. The molecule has 0 saturated carbocycles. The van der Waals surface area contributed by atoms with Gasteiger partial charge >= 0.3 is 0 Å². The fourth-order valence-corrected chi connectivity index (χ4v) is 2.46. The van der Waals surface area contributed by atoms with Gasteiger partial charge in [-0.15, -0.1) is 15.3 Å². The maximum absolute atomic E-state index is 12.1. The highest BCUT2D eigenvalue weighted by atomic mass is 32.1. The first-order chi connectivity index (χ1) is 9.24. The fourth-order valence-electron chi connectivity index (χ4n) is 1.74. The minimum absolute atomic E-state index is 0.0666. The Morgan fingerprint density at radius 3 is 2.89 bits per heavy atom. The van der Waals surface area contributed by atoms with Crippen molar-refractivity contribution >= 4 is 22.2 Å². The predicted molar refractivity (Wildman–Crippen MR) is 71.0 cm³/mol. The summed E-state index contributed by atoms with van der Waals surface area (Å²) in [4.78, 5) is 12.7. The molecule has 0 saturated heterocycles. The number of hydrogen-bond acceptors (Lipinski definition) is 5. The van der Waals surface area contributed by atoms with Crippen LogP contribution in [0.2, 0.25) is 0 Å². The molecule has 3 rings (SSSR count). The van der Waals surface area contributed by atoms with Crippen LogP contribution in [0.5, 0.6) is 0 Å². The summed E-state index contributed by atoms with van der Waals surface area (Å²) in [5.41, 5.74) is 1.05. The number of benzene rings is 1. The smallest absolute Gasteiger partial charge is 0.282 e. The van der Waals surface area contributed by atoms with Gasteiger partial charge in [0.05, 0.1) is 6.04 Å². The molecule has 0 spiro atoms. The summed E-state index contributed by atoms with van der Waals surface area (Å²) >= 11 is 1.22. The zero-order chi connectivity index (χ0) is 13.2. The van der Waals surface area contributed by atoms with Crippen molar-refractivity contribution in [3.63, 3.8) is 0 Å². The Bertz CT molecular complexity index is 677. The van der Waals surface area contributed by atoms with E-state index in [0.29, 0.717) is 9.97 Å². The molecule has 1 amide bonds. The Morgan fingerprint density at radius 1 is 1.37 bits per heavy atom. The van der Waals surface area contributed by atoms with Gasteiger partial charge in [0.15, 0.2) is 0 Å². The van der Waals surface area contributed by atoms with E-state index >= 15 is 0 Å². The van der Waals surface area contributed by atoms with E-state index in [2.05, 4.69) is 20.6 Å². The van der Waals surface area contributed by atoms with Crippen molar-refractivity contribution in [3.05, 3.63) is 47.2 Å². The average molecular weight is 273 g/mol. The maximum atomic E-state index is 12.1. The lowest BCUT2D eigenvalue weighted by Crippen LogP contribution is -2.26. The van der Waals surface area contributed by atoms with Crippen molar-refractivity contribution < 1.29 is 4.79 Å². The number of fused-ring (bicyclic) bond motifs is 1. The summed E-state index contributed by atoms with van der Waals surface area (Å²) in [6, 6.07) is 9.72. The molecular formula is C12H11N5OS. The van der Waals surface area contributed by atoms with E-state index in [-0.39, 0.29) is 11.9 Å². The first kappa shape index (κ1) is 11.8. The van der Waals surface area contributed by atoms with E-state index in [0.717, 1.165) is 5.56 Å². The van der Waals surface area contributed by atoms with Crippen molar-refractivity contribution in [2.45, 2.75) is 13.0 Å². The van der Waals surface area contributed by atoms with Crippen molar-refractivity contribution in [2.75, 3.05) is 0 Å². The lowest BCUT2D eigenvalue weighted by molar-refractivity contribution is 0.0938. The SMILES string of the molecule is CC(NC(=O)c1nn2cnnc2s1)c1ccccc1. The largest absolute Gasteiger partial charge is 0.343 e. The van der Waals surface area contributed by atoms with Crippen LogP contribution in [0.15, 0.2) is 36.7 Å². The molecule has 0 bridgehead atoms. The van der Waals surface area contributed by atoms with Crippen molar-refractivity contribution in [1.82, 2.24) is 25.1 Å². The molecular weight excluding hydrogens is 262 g/mol. The first-order valence-corrected chi connectivity index (χ1v) is 6.58. The molecule has 2 heterocycles. The normalized spacial score (nSPS) is 12.5. The van der Waals surface area contributed by atoms with Crippen LogP contribution < -0.4 is 5.32 Å². The number of aromatic nitrogens is 4. The number of nitrogens with one attached hydrogen (secondary N) is 1. The number of carbonyl (C=O) groups excluding carboxylic acids is 1. The van der Waals surface area contributed by atoms with Crippen molar-refractivity contribution in [1.29, 1.82) is 0 Å². The molecule has 0 aliphatic carbocycles. The molecule has 1 unspecified atom stereocenters. The Balaban J connectivity index is 1.76. The number of carbonyl (C=O) groups is 1. The maximum Gasteiger partial charge on any atom is 0.282 e. The summed E-state index contributed by atoms with van der Waals surface area (Å²) < 4.78 is 1.49. The number of rotatable bonds is 3. The monoisotopic (exact) mass is 273 g/mol. The van der Waals surface area contributed by atoms with Crippen LogP contribution >= 0.6 is 11.3 Å². The van der Waals surface area contributed by atoms with Crippen LogP contribution in [-0.2, 0) is 0 Å². The molecule has 6 nitrogen and oxygen atoms in total. The second kappa shape index (κ2) is 4.77. The topological polar surface area (TPSA) is 72.2 Å². The van der Waals surface area contributed by atoms with Crippen LogP contribution in [0.1, 0.15) is 28.3 Å². The minimum Gasteiger partial charge on any atom is -0.343 e. The highest BCUT2D eigenvalue weighted by molar-refractivity contribution is 7.18. The zero-order valence-electron chi connectivity index (χ0n) is 10.1. The van der Waals surface area contributed by atoms with E-state index in [4.69, 9.17) is 0 Å². The summed E-state index contributed by atoms with van der Waals surface area (Å²) in [6.45, 7) is 1.94. The number of amides is 1. The van der Waals surface area contributed by atoms with Gasteiger partial charge in [0, 0.05) is 0 Å². The predicted octanol–water partition coefficient (Wildman–Crippen LogP) is 1.68. The Labute approximate surface area is 113 Å². The van der Waals surface area contributed by atoms with Gasteiger partial charge in [-0.25, -0.2) is 0 Å². The van der Waals surface area contributed by atoms with E-state index in [9.17, 15) is 4.79 Å². The van der Waals surface area contributed by atoms with Crippen LogP contribution in [0.3, 0.4) is 0 Å². The van der Waals surface area contributed by atoms with Gasteiger partial charge in [-0.2, -0.15) is 4.52 Å². The van der Waals surface area contributed by atoms with E-state index in [1.165, 1.54) is 22.2 Å². The van der Waals surface area contributed by atoms with Gasteiger partial charge in [-0.1, -0.05) is 41.7 Å². The van der Waals surface area contributed by atoms with Gasteiger partial charge in [0.1, 0.15) is 6.33 Å². The Kier molecular flexibility index (Phi) is 2.96. The van der Waals surface area contributed by atoms with Crippen LogP contribution in [0.4, 0.5) is 0 Å². The fraction of sp³-hybridized carbons (Fsp3) is 0.167. The van der Waals surface area contributed by atoms with E-state index in [1.54, 1.807) is 0 Å².